The van der Waals surface area contributed by atoms with Crippen LogP contribution in [0.5, 0.6) is 0 Å². The van der Waals surface area contributed by atoms with Crippen molar-refractivity contribution in [1.82, 2.24) is 9.71 Å². The molecular weight excluding hydrogens is 262 g/mol. The molecule has 0 aliphatic heterocycles. The highest BCUT2D eigenvalue weighted by Crippen LogP contribution is 2.24. The molecule has 6 heteroatoms. The molecule has 0 bridgehead atoms. The third-order valence-corrected chi connectivity index (χ3v) is 4.30. The van der Waals surface area contributed by atoms with Gasteiger partial charge in [-0.3, -0.25) is 0 Å². The van der Waals surface area contributed by atoms with E-state index in [1.807, 2.05) is 19.1 Å². The standard InChI is InChI=1S/C13H17N3O2S/c1-2-3-4-7-16-19(17,18)13-9-15-12-8-10(14)5-6-11(12)13/h2-3,5-6,8-9,15-16H,4,7,14H2,1H3/b3-2+. The quantitative estimate of drug-likeness (QED) is 0.444. The largest absolute Gasteiger partial charge is 0.399 e. The van der Waals surface area contributed by atoms with E-state index in [1.54, 1.807) is 18.2 Å². The van der Waals surface area contributed by atoms with Gasteiger partial charge in [-0.1, -0.05) is 12.2 Å². The van der Waals surface area contributed by atoms with Crippen LogP contribution >= 0.6 is 0 Å². The van der Waals surface area contributed by atoms with Gasteiger partial charge < -0.3 is 10.7 Å². The first-order valence-corrected chi connectivity index (χ1v) is 7.50. The Bertz CT molecular complexity index is 702. The monoisotopic (exact) mass is 279 g/mol. The molecule has 1 heterocycles. The van der Waals surface area contributed by atoms with Crippen molar-refractivity contribution in [3.63, 3.8) is 0 Å². The van der Waals surface area contributed by atoms with E-state index >= 15 is 0 Å². The minimum absolute atomic E-state index is 0.253. The summed E-state index contributed by atoms with van der Waals surface area (Å²) in [6.07, 6.45) is 5.97. The molecule has 0 spiro atoms. The third kappa shape index (κ3) is 2.97. The third-order valence-electron chi connectivity index (χ3n) is 2.80. The molecule has 1 aromatic heterocycles. The van der Waals surface area contributed by atoms with Crippen molar-refractivity contribution >= 4 is 26.6 Å². The van der Waals surface area contributed by atoms with E-state index in [1.165, 1.54) is 6.20 Å². The molecule has 0 fully saturated rings. The lowest BCUT2D eigenvalue weighted by Gasteiger charge is -2.04. The lowest BCUT2D eigenvalue weighted by molar-refractivity contribution is 0.583. The first-order chi connectivity index (χ1) is 9.04. The van der Waals surface area contributed by atoms with Gasteiger partial charge in [0, 0.05) is 29.3 Å². The fourth-order valence-corrected chi connectivity index (χ4v) is 3.08. The van der Waals surface area contributed by atoms with Crippen LogP contribution in [0.1, 0.15) is 13.3 Å². The lowest BCUT2D eigenvalue weighted by Crippen LogP contribution is -2.24. The Kier molecular flexibility index (Phi) is 3.92. The van der Waals surface area contributed by atoms with Gasteiger partial charge in [0.2, 0.25) is 10.0 Å². The van der Waals surface area contributed by atoms with Crippen molar-refractivity contribution in [1.29, 1.82) is 0 Å². The van der Waals surface area contributed by atoms with Crippen molar-refractivity contribution in [3.05, 3.63) is 36.5 Å². The van der Waals surface area contributed by atoms with Crippen LogP contribution < -0.4 is 10.5 Å². The smallest absolute Gasteiger partial charge is 0.242 e. The number of rotatable bonds is 5. The first-order valence-electron chi connectivity index (χ1n) is 6.02. The Balaban J connectivity index is 2.28. The first kappa shape index (κ1) is 13.6. The molecule has 0 atom stereocenters. The van der Waals surface area contributed by atoms with Crippen LogP contribution in [0, 0.1) is 0 Å². The Morgan fingerprint density at radius 3 is 2.95 bits per heavy atom. The van der Waals surface area contributed by atoms with Crippen LogP contribution in [0.2, 0.25) is 0 Å². The second-order valence-corrected chi connectivity index (χ2v) is 5.95. The van der Waals surface area contributed by atoms with Gasteiger partial charge >= 0.3 is 0 Å². The second-order valence-electron chi connectivity index (χ2n) is 4.21. The summed E-state index contributed by atoms with van der Waals surface area (Å²) in [6.45, 7) is 2.28. The number of nitrogen functional groups attached to an aromatic ring is 1. The van der Waals surface area contributed by atoms with Gasteiger partial charge in [-0.05, 0) is 31.5 Å². The molecule has 0 aliphatic carbocycles. The minimum Gasteiger partial charge on any atom is -0.399 e. The maximum Gasteiger partial charge on any atom is 0.242 e. The van der Waals surface area contributed by atoms with Crippen LogP contribution in [-0.2, 0) is 10.0 Å². The molecule has 2 rings (SSSR count). The summed E-state index contributed by atoms with van der Waals surface area (Å²) in [5, 5.41) is 0.646. The molecule has 0 aliphatic rings. The van der Waals surface area contributed by atoms with Gasteiger partial charge in [0.05, 0.1) is 0 Å². The summed E-state index contributed by atoms with van der Waals surface area (Å²) in [5.41, 5.74) is 6.98. The molecular formula is C13H17N3O2S. The number of benzene rings is 1. The van der Waals surface area contributed by atoms with Crippen molar-refractivity contribution in [3.8, 4) is 0 Å². The van der Waals surface area contributed by atoms with Crippen molar-refractivity contribution in [2.75, 3.05) is 12.3 Å². The Hall–Kier alpha value is -1.79. The van der Waals surface area contributed by atoms with E-state index in [4.69, 9.17) is 5.73 Å². The minimum atomic E-state index is -3.49. The number of sulfonamides is 1. The van der Waals surface area contributed by atoms with Crippen LogP contribution in [-0.4, -0.2) is 19.9 Å². The zero-order chi connectivity index (χ0) is 13.9. The summed E-state index contributed by atoms with van der Waals surface area (Å²) in [7, 11) is -3.49. The summed E-state index contributed by atoms with van der Waals surface area (Å²) in [5.74, 6) is 0. The van der Waals surface area contributed by atoms with E-state index in [0.29, 0.717) is 29.6 Å². The summed E-state index contributed by atoms with van der Waals surface area (Å²) >= 11 is 0. The SMILES string of the molecule is C/C=C/CCNS(=O)(=O)c1c[nH]c2cc(N)ccc12. The number of aromatic amines is 1. The van der Waals surface area contributed by atoms with E-state index < -0.39 is 10.0 Å². The highest BCUT2D eigenvalue weighted by molar-refractivity contribution is 7.89. The number of hydrogen-bond acceptors (Lipinski definition) is 3. The van der Waals surface area contributed by atoms with E-state index in [0.717, 1.165) is 0 Å². The van der Waals surface area contributed by atoms with Crippen molar-refractivity contribution in [2.24, 2.45) is 0 Å². The second kappa shape index (κ2) is 5.46. The molecule has 0 saturated carbocycles. The van der Waals surface area contributed by atoms with Crippen LogP contribution in [0.15, 0.2) is 41.4 Å². The van der Waals surface area contributed by atoms with Crippen molar-refractivity contribution in [2.45, 2.75) is 18.2 Å². The number of nitrogens with one attached hydrogen (secondary N) is 2. The molecule has 4 N–H and O–H groups in total. The predicted molar refractivity (Wildman–Crippen MR) is 77.3 cm³/mol. The Morgan fingerprint density at radius 1 is 1.42 bits per heavy atom. The number of hydrogen-bond donors (Lipinski definition) is 3. The molecule has 102 valence electrons. The van der Waals surface area contributed by atoms with Gasteiger partial charge in [0.15, 0.2) is 0 Å². The summed E-state index contributed by atoms with van der Waals surface area (Å²) in [6, 6.07) is 5.12. The number of nitrogens with two attached hydrogens (primary N) is 1. The Labute approximate surface area is 112 Å². The van der Waals surface area contributed by atoms with E-state index in [2.05, 4.69) is 9.71 Å². The maximum absolute atomic E-state index is 12.2. The molecule has 2 aromatic rings. The zero-order valence-corrected chi connectivity index (χ0v) is 11.5. The number of allylic oxidation sites excluding steroid dienone is 1. The number of anilines is 1. The van der Waals surface area contributed by atoms with Crippen LogP contribution in [0.3, 0.4) is 0 Å². The fraction of sp³-hybridized carbons (Fsp3) is 0.231. The molecule has 0 saturated heterocycles. The average molecular weight is 279 g/mol. The molecule has 5 nitrogen and oxygen atoms in total. The van der Waals surface area contributed by atoms with Crippen LogP contribution in [0.25, 0.3) is 10.9 Å². The fourth-order valence-electron chi connectivity index (χ4n) is 1.86. The highest BCUT2D eigenvalue weighted by atomic mass is 32.2. The van der Waals surface area contributed by atoms with Gasteiger partial charge in [0.25, 0.3) is 0 Å². The van der Waals surface area contributed by atoms with Gasteiger partial charge in [0.1, 0.15) is 4.90 Å². The topological polar surface area (TPSA) is 88.0 Å². The van der Waals surface area contributed by atoms with Gasteiger partial charge in [-0.25, -0.2) is 13.1 Å². The molecule has 19 heavy (non-hydrogen) atoms. The average Bonchev–Trinajstić information content (AvgIpc) is 2.78. The molecule has 0 amide bonds. The number of aromatic nitrogens is 1. The lowest BCUT2D eigenvalue weighted by atomic mass is 10.2. The molecule has 1 aromatic carbocycles. The predicted octanol–water partition coefficient (Wildman–Crippen LogP) is 1.99. The van der Waals surface area contributed by atoms with Gasteiger partial charge in [-0.2, -0.15) is 0 Å². The van der Waals surface area contributed by atoms with Gasteiger partial charge in [-0.15, -0.1) is 0 Å². The highest BCUT2D eigenvalue weighted by Gasteiger charge is 2.18. The number of fused-ring (bicyclic) bond motifs is 1. The summed E-state index contributed by atoms with van der Waals surface area (Å²) in [4.78, 5) is 3.18. The maximum atomic E-state index is 12.2. The van der Waals surface area contributed by atoms with E-state index in [-0.39, 0.29) is 4.90 Å². The molecule has 0 unspecified atom stereocenters. The normalized spacial score (nSPS) is 12.5. The van der Waals surface area contributed by atoms with Crippen LogP contribution in [0.4, 0.5) is 5.69 Å². The zero-order valence-electron chi connectivity index (χ0n) is 10.7. The summed E-state index contributed by atoms with van der Waals surface area (Å²) < 4.78 is 26.9. The molecule has 0 radical (unpaired) electrons. The van der Waals surface area contributed by atoms with Crippen molar-refractivity contribution < 1.29 is 8.42 Å². The van der Waals surface area contributed by atoms with E-state index in [9.17, 15) is 8.42 Å². The number of H-pyrrole nitrogens is 1. The Morgan fingerprint density at radius 2 is 2.21 bits per heavy atom.